The molecule has 0 amide bonds. The molecule has 90 valence electrons. The second-order valence-corrected chi connectivity index (χ2v) is 3.74. The Morgan fingerprint density at radius 3 is 2.82 bits per heavy atom. The van der Waals surface area contributed by atoms with Gasteiger partial charge < -0.3 is 4.74 Å². The van der Waals surface area contributed by atoms with Gasteiger partial charge in [0.15, 0.2) is 0 Å². The Morgan fingerprint density at radius 1 is 1.47 bits per heavy atom. The van der Waals surface area contributed by atoms with Crippen molar-refractivity contribution in [3.8, 4) is 11.8 Å². The Kier molecular flexibility index (Phi) is 5.24. The monoisotopic (exact) mass is 254 g/mol. The second-order valence-electron chi connectivity index (χ2n) is 3.34. The van der Waals surface area contributed by atoms with E-state index in [1.807, 2.05) is 6.07 Å². The van der Waals surface area contributed by atoms with Gasteiger partial charge in [-0.25, -0.2) is 0 Å². The number of benzene rings is 1. The molecule has 0 atom stereocenters. The maximum Gasteiger partial charge on any atom is 0.271 e. The summed E-state index contributed by atoms with van der Waals surface area (Å²) in [6, 6.07) is 6.12. The van der Waals surface area contributed by atoms with Crippen LogP contribution in [-0.2, 0) is 0 Å². The molecule has 6 heteroatoms. The smallest absolute Gasteiger partial charge is 0.271 e. The van der Waals surface area contributed by atoms with E-state index in [0.29, 0.717) is 18.8 Å². The first-order valence-electron chi connectivity index (χ1n) is 5.09. The Labute approximate surface area is 104 Å². The van der Waals surface area contributed by atoms with E-state index in [9.17, 15) is 10.1 Å². The average molecular weight is 255 g/mol. The van der Waals surface area contributed by atoms with E-state index in [0.717, 1.165) is 12.8 Å². The highest BCUT2D eigenvalue weighted by atomic mass is 35.5. The number of hydrogen-bond acceptors (Lipinski definition) is 4. The summed E-state index contributed by atoms with van der Waals surface area (Å²) in [7, 11) is 0. The van der Waals surface area contributed by atoms with Gasteiger partial charge in [-0.2, -0.15) is 5.26 Å². The van der Waals surface area contributed by atoms with Crippen LogP contribution in [0.15, 0.2) is 18.2 Å². The van der Waals surface area contributed by atoms with Gasteiger partial charge in [-0.3, -0.25) is 10.1 Å². The molecule has 0 aliphatic carbocycles. The van der Waals surface area contributed by atoms with Gasteiger partial charge >= 0.3 is 0 Å². The van der Waals surface area contributed by atoms with Crippen LogP contribution in [0.2, 0.25) is 5.02 Å². The largest absolute Gasteiger partial charge is 0.492 e. The number of halogens is 1. The standard InChI is InChI=1S/C11H11ClN2O3/c12-10-8-9(14(15)16)4-5-11(10)17-7-3-1-2-6-13/h4-5,8H,1-3,7H2. The summed E-state index contributed by atoms with van der Waals surface area (Å²) in [6.45, 7) is 0.444. The molecule has 0 saturated carbocycles. The summed E-state index contributed by atoms with van der Waals surface area (Å²) < 4.78 is 5.35. The topological polar surface area (TPSA) is 76.2 Å². The molecule has 0 aromatic heterocycles. The molecule has 17 heavy (non-hydrogen) atoms. The highest BCUT2D eigenvalue weighted by molar-refractivity contribution is 6.32. The summed E-state index contributed by atoms with van der Waals surface area (Å²) in [5, 5.41) is 19.0. The van der Waals surface area contributed by atoms with Crippen molar-refractivity contribution in [2.75, 3.05) is 6.61 Å². The van der Waals surface area contributed by atoms with Gasteiger partial charge in [-0.05, 0) is 18.9 Å². The molecule has 0 heterocycles. The minimum absolute atomic E-state index is 0.0631. The van der Waals surface area contributed by atoms with E-state index in [-0.39, 0.29) is 10.7 Å². The fourth-order valence-corrected chi connectivity index (χ4v) is 1.44. The number of hydrogen-bond donors (Lipinski definition) is 0. The van der Waals surface area contributed by atoms with Gasteiger partial charge in [-0.15, -0.1) is 0 Å². The summed E-state index contributed by atoms with van der Waals surface area (Å²) in [5.41, 5.74) is -0.0631. The van der Waals surface area contributed by atoms with Gasteiger partial charge in [0.25, 0.3) is 5.69 Å². The van der Waals surface area contributed by atoms with Crippen molar-refractivity contribution in [2.24, 2.45) is 0 Å². The number of ether oxygens (including phenoxy) is 1. The van der Waals surface area contributed by atoms with Gasteiger partial charge in [0.1, 0.15) is 5.75 Å². The summed E-state index contributed by atoms with van der Waals surface area (Å²) in [5.74, 6) is 0.425. The molecule has 0 spiro atoms. The normalized spacial score (nSPS) is 9.65. The Bertz CT molecular complexity index is 443. The molecule has 1 aromatic rings. The molecule has 0 N–H and O–H groups in total. The Hall–Kier alpha value is -1.80. The van der Waals surface area contributed by atoms with Crippen molar-refractivity contribution in [3.05, 3.63) is 33.3 Å². The average Bonchev–Trinajstić information content (AvgIpc) is 2.30. The van der Waals surface area contributed by atoms with Crippen LogP contribution in [0.25, 0.3) is 0 Å². The van der Waals surface area contributed by atoms with E-state index in [2.05, 4.69) is 0 Å². The third kappa shape index (κ3) is 4.29. The lowest BCUT2D eigenvalue weighted by Gasteiger charge is -2.06. The predicted octanol–water partition coefficient (Wildman–Crippen LogP) is 3.32. The number of nitro groups is 1. The zero-order chi connectivity index (χ0) is 12.7. The zero-order valence-corrected chi connectivity index (χ0v) is 9.81. The molecule has 1 rings (SSSR count). The fraction of sp³-hybridized carbons (Fsp3) is 0.364. The second kappa shape index (κ2) is 6.71. The lowest BCUT2D eigenvalue weighted by molar-refractivity contribution is -0.384. The van der Waals surface area contributed by atoms with Gasteiger partial charge in [-0.1, -0.05) is 11.6 Å². The van der Waals surface area contributed by atoms with Crippen molar-refractivity contribution < 1.29 is 9.66 Å². The van der Waals surface area contributed by atoms with Crippen molar-refractivity contribution in [1.29, 1.82) is 5.26 Å². The molecule has 0 aliphatic rings. The summed E-state index contributed by atoms with van der Waals surface area (Å²) in [4.78, 5) is 9.96. The number of rotatable bonds is 6. The SMILES string of the molecule is N#CCCCCOc1ccc([N+](=O)[O-])cc1Cl. The molecular weight excluding hydrogens is 244 g/mol. The first kappa shape index (κ1) is 13.3. The van der Waals surface area contributed by atoms with E-state index in [4.69, 9.17) is 21.6 Å². The van der Waals surface area contributed by atoms with Crippen LogP contribution < -0.4 is 4.74 Å². The molecule has 0 aliphatic heterocycles. The first-order chi connectivity index (χ1) is 8.15. The third-order valence-electron chi connectivity index (χ3n) is 2.07. The molecular formula is C11H11ClN2O3. The van der Waals surface area contributed by atoms with Crippen LogP contribution in [0.1, 0.15) is 19.3 Å². The highest BCUT2D eigenvalue weighted by Gasteiger charge is 2.09. The number of nitrogens with zero attached hydrogens (tertiary/aromatic N) is 2. The summed E-state index contributed by atoms with van der Waals surface area (Å²) >= 11 is 5.83. The Balaban J connectivity index is 2.50. The van der Waals surface area contributed by atoms with Crippen molar-refractivity contribution in [1.82, 2.24) is 0 Å². The highest BCUT2D eigenvalue weighted by Crippen LogP contribution is 2.28. The van der Waals surface area contributed by atoms with Crippen LogP contribution in [0.3, 0.4) is 0 Å². The van der Waals surface area contributed by atoms with Crippen molar-refractivity contribution in [3.63, 3.8) is 0 Å². The molecule has 5 nitrogen and oxygen atoms in total. The van der Waals surface area contributed by atoms with E-state index in [1.54, 1.807) is 0 Å². The van der Waals surface area contributed by atoms with Crippen LogP contribution in [0, 0.1) is 21.4 Å². The van der Waals surface area contributed by atoms with E-state index in [1.165, 1.54) is 18.2 Å². The number of nitro benzene ring substituents is 1. The number of non-ortho nitro benzene ring substituents is 1. The van der Waals surface area contributed by atoms with Crippen LogP contribution in [0.5, 0.6) is 5.75 Å². The zero-order valence-electron chi connectivity index (χ0n) is 9.06. The Morgan fingerprint density at radius 2 is 2.24 bits per heavy atom. The number of unbranched alkanes of at least 4 members (excludes halogenated alkanes) is 2. The molecule has 0 radical (unpaired) electrons. The lowest BCUT2D eigenvalue weighted by atomic mass is 10.2. The van der Waals surface area contributed by atoms with Gasteiger partial charge in [0.2, 0.25) is 0 Å². The van der Waals surface area contributed by atoms with Crippen LogP contribution >= 0.6 is 11.6 Å². The molecule has 1 aromatic carbocycles. The summed E-state index contributed by atoms with van der Waals surface area (Å²) in [6.07, 6.45) is 2.01. The van der Waals surface area contributed by atoms with Gasteiger partial charge in [0, 0.05) is 18.6 Å². The predicted molar refractivity (Wildman–Crippen MR) is 63.1 cm³/mol. The minimum atomic E-state index is -0.511. The van der Waals surface area contributed by atoms with E-state index >= 15 is 0 Å². The quantitative estimate of drug-likeness (QED) is 0.443. The lowest BCUT2D eigenvalue weighted by Crippen LogP contribution is -1.98. The molecule has 0 fully saturated rings. The molecule has 0 unspecified atom stereocenters. The number of nitriles is 1. The van der Waals surface area contributed by atoms with Gasteiger partial charge in [0.05, 0.1) is 22.6 Å². The molecule has 0 bridgehead atoms. The maximum absolute atomic E-state index is 10.5. The van der Waals surface area contributed by atoms with E-state index < -0.39 is 4.92 Å². The maximum atomic E-state index is 10.5. The molecule has 0 saturated heterocycles. The fourth-order valence-electron chi connectivity index (χ4n) is 1.21. The van der Waals surface area contributed by atoms with Crippen molar-refractivity contribution in [2.45, 2.75) is 19.3 Å². The first-order valence-corrected chi connectivity index (χ1v) is 5.46. The minimum Gasteiger partial charge on any atom is -0.492 e. The van der Waals surface area contributed by atoms with Crippen molar-refractivity contribution >= 4 is 17.3 Å². The van der Waals surface area contributed by atoms with Crippen LogP contribution in [0.4, 0.5) is 5.69 Å². The third-order valence-corrected chi connectivity index (χ3v) is 2.36. The van der Waals surface area contributed by atoms with Crippen LogP contribution in [-0.4, -0.2) is 11.5 Å².